The van der Waals surface area contributed by atoms with Crippen LogP contribution in [0.15, 0.2) is 83.2 Å². The van der Waals surface area contributed by atoms with Crippen LogP contribution in [-0.2, 0) is 9.59 Å². The van der Waals surface area contributed by atoms with Crippen LogP contribution in [0.25, 0.3) is 0 Å². The minimum Gasteiger partial charge on any atom is -0.493 e. The fourth-order valence-corrected chi connectivity index (χ4v) is 6.06. The molecule has 2 atom stereocenters. The average molecular weight is 583 g/mol. The number of ketones is 1. The first-order chi connectivity index (χ1) is 20.8. The first kappa shape index (κ1) is 29.8. The van der Waals surface area contributed by atoms with Crippen LogP contribution < -0.4 is 29.6 Å². The summed E-state index contributed by atoms with van der Waals surface area (Å²) in [6.45, 7) is 6.23. The van der Waals surface area contributed by atoms with Crippen molar-refractivity contribution >= 4 is 17.4 Å². The predicted octanol–water partition coefficient (Wildman–Crippen LogP) is 6.42. The van der Waals surface area contributed by atoms with Crippen molar-refractivity contribution in [2.75, 3.05) is 33.3 Å². The number of nitrogens with one attached hydrogen (secondary N) is 2. The van der Waals surface area contributed by atoms with E-state index >= 15 is 0 Å². The Labute approximate surface area is 252 Å². The number of rotatable bonds is 9. The number of hydrogen-bond acceptors (Lipinski definition) is 7. The Morgan fingerprint density at radius 3 is 2.21 bits per heavy atom. The molecule has 2 unspecified atom stereocenters. The van der Waals surface area contributed by atoms with Gasteiger partial charge in [-0.3, -0.25) is 9.59 Å². The van der Waals surface area contributed by atoms with Crippen molar-refractivity contribution in [3.8, 4) is 23.0 Å². The lowest BCUT2D eigenvalue weighted by molar-refractivity contribution is -0.116. The van der Waals surface area contributed by atoms with E-state index in [-0.39, 0.29) is 17.6 Å². The van der Waals surface area contributed by atoms with E-state index in [1.54, 1.807) is 21.3 Å². The van der Waals surface area contributed by atoms with Gasteiger partial charge in [0.25, 0.3) is 5.91 Å². The Hall–Kier alpha value is -4.72. The molecule has 2 N–H and O–H groups in total. The number of methoxy groups -OCH3 is 3. The van der Waals surface area contributed by atoms with Crippen LogP contribution >= 0.6 is 0 Å². The lowest BCUT2D eigenvalue weighted by Crippen LogP contribution is -2.37. The normalized spacial score (nSPS) is 18.0. The van der Waals surface area contributed by atoms with E-state index in [1.807, 2.05) is 81.4 Å². The molecule has 3 aromatic rings. The van der Waals surface area contributed by atoms with E-state index in [1.165, 1.54) is 0 Å². The maximum Gasteiger partial charge on any atom is 0.254 e. The van der Waals surface area contributed by atoms with Gasteiger partial charge in [-0.25, -0.2) is 0 Å². The minimum atomic E-state index is -0.594. The van der Waals surface area contributed by atoms with Gasteiger partial charge in [0.2, 0.25) is 0 Å². The predicted molar refractivity (Wildman–Crippen MR) is 166 cm³/mol. The molecule has 0 spiro atoms. The Morgan fingerprint density at radius 2 is 1.51 bits per heavy atom. The van der Waals surface area contributed by atoms with Crippen LogP contribution in [-0.4, -0.2) is 39.6 Å². The summed E-state index contributed by atoms with van der Waals surface area (Å²) in [5.74, 6) is 1.47. The number of aryl methyl sites for hydroxylation is 1. The quantitative estimate of drug-likeness (QED) is 0.301. The number of hydrogen-bond donors (Lipinski definition) is 2. The maximum atomic E-state index is 14.1. The minimum absolute atomic E-state index is 0.0138. The molecule has 1 heterocycles. The van der Waals surface area contributed by atoms with Gasteiger partial charge in [-0.15, -0.1) is 0 Å². The standard InChI is InChI=1S/C35H38N2O6/c1-7-43-29-15-13-23(19-31(29)42-6)33-32(35(39)37-25-11-9-8-10-20(25)2)21(3)36-26-16-24(17-27(38)34(26)33)22-12-14-28(40-4)30(18-22)41-5/h8-15,18-19,24,33,36H,7,16-17H2,1-6H3,(H,37,39). The van der Waals surface area contributed by atoms with E-state index in [4.69, 9.17) is 18.9 Å². The van der Waals surface area contributed by atoms with Gasteiger partial charge in [0.1, 0.15) is 0 Å². The first-order valence-electron chi connectivity index (χ1n) is 14.4. The van der Waals surface area contributed by atoms with Gasteiger partial charge in [0, 0.05) is 40.6 Å². The molecule has 1 amide bonds. The molecule has 0 saturated heterocycles. The van der Waals surface area contributed by atoms with E-state index in [2.05, 4.69) is 10.6 Å². The number of para-hydroxylation sites is 1. The van der Waals surface area contributed by atoms with Crippen LogP contribution in [0, 0.1) is 6.92 Å². The highest BCUT2D eigenvalue weighted by molar-refractivity contribution is 6.10. The Balaban J connectivity index is 1.59. The highest BCUT2D eigenvalue weighted by atomic mass is 16.5. The van der Waals surface area contributed by atoms with Gasteiger partial charge < -0.3 is 29.6 Å². The summed E-state index contributed by atoms with van der Waals surface area (Å²) in [5, 5.41) is 6.54. The molecular weight excluding hydrogens is 544 g/mol. The summed E-state index contributed by atoms with van der Waals surface area (Å²) >= 11 is 0. The zero-order valence-electron chi connectivity index (χ0n) is 25.5. The molecular formula is C35H38N2O6. The SMILES string of the molecule is CCOc1ccc(C2C(C(=O)Nc3ccccc3C)=C(C)NC3=C2C(=O)CC(c2ccc(OC)c(OC)c2)C3)cc1OC. The lowest BCUT2D eigenvalue weighted by Gasteiger charge is -2.37. The molecule has 3 aromatic carbocycles. The number of dihydropyridines is 1. The van der Waals surface area contributed by atoms with Gasteiger partial charge in [-0.1, -0.05) is 30.3 Å². The van der Waals surface area contributed by atoms with Crippen molar-refractivity contribution in [1.82, 2.24) is 5.32 Å². The number of allylic oxidation sites excluding steroid dienone is 3. The van der Waals surface area contributed by atoms with Crippen molar-refractivity contribution in [3.63, 3.8) is 0 Å². The zero-order valence-corrected chi connectivity index (χ0v) is 25.5. The number of Topliss-reactive ketones (excluding diaryl/α,β-unsaturated/α-hetero) is 1. The molecule has 0 aromatic heterocycles. The molecule has 0 fully saturated rings. The number of benzene rings is 3. The number of carbonyl (C=O) groups is 2. The van der Waals surface area contributed by atoms with Crippen molar-refractivity contribution < 1.29 is 28.5 Å². The summed E-state index contributed by atoms with van der Waals surface area (Å²) in [7, 11) is 4.79. The molecule has 2 aliphatic rings. The van der Waals surface area contributed by atoms with Crippen molar-refractivity contribution in [2.45, 2.75) is 45.4 Å². The second-order valence-corrected chi connectivity index (χ2v) is 10.7. The summed E-state index contributed by atoms with van der Waals surface area (Å²) in [5.41, 5.74) is 6.05. The second kappa shape index (κ2) is 12.7. The third-order valence-corrected chi connectivity index (χ3v) is 8.17. The van der Waals surface area contributed by atoms with Crippen LogP contribution in [0.1, 0.15) is 55.2 Å². The first-order valence-corrected chi connectivity index (χ1v) is 14.4. The molecule has 224 valence electrons. The summed E-state index contributed by atoms with van der Waals surface area (Å²) in [6, 6.07) is 19.0. The largest absolute Gasteiger partial charge is 0.493 e. The molecule has 0 saturated carbocycles. The Kier molecular flexibility index (Phi) is 8.76. The molecule has 0 bridgehead atoms. The second-order valence-electron chi connectivity index (χ2n) is 10.7. The molecule has 1 aliphatic heterocycles. The van der Waals surface area contributed by atoms with E-state index in [0.717, 1.165) is 28.1 Å². The molecule has 8 nitrogen and oxygen atoms in total. The Bertz CT molecular complexity index is 1620. The number of carbonyl (C=O) groups excluding carboxylic acids is 2. The highest BCUT2D eigenvalue weighted by Gasteiger charge is 2.41. The lowest BCUT2D eigenvalue weighted by atomic mass is 9.71. The van der Waals surface area contributed by atoms with E-state index in [9.17, 15) is 9.59 Å². The zero-order chi connectivity index (χ0) is 30.7. The van der Waals surface area contributed by atoms with E-state index in [0.29, 0.717) is 59.3 Å². The van der Waals surface area contributed by atoms with Gasteiger partial charge in [0.05, 0.1) is 27.9 Å². The van der Waals surface area contributed by atoms with Crippen LogP contribution in [0.4, 0.5) is 5.69 Å². The number of anilines is 1. The fraction of sp³-hybridized carbons (Fsp3) is 0.314. The molecule has 0 radical (unpaired) electrons. The van der Waals surface area contributed by atoms with Crippen molar-refractivity contribution in [2.24, 2.45) is 0 Å². The van der Waals surface area contributed by atoms with Crippen LogP contribution in [0.5, 0.6) is 23.0 Å². The van der Waals surface area contributed by atoms with Crippen LogP contribution in [0.2, 0.25) is 0 Å². The van der Waals surface area contributed by atoms with Gasteiger partial charge in [0.15, 0.2) is 28.8 Å². The summed E-state index contributed by atoms with van der Waals surface area (Å²) in [4.78, 5) is 28.1. The average Bonchev–Trinajstić information content (AvgIpc) is 3.01. The van der Waals surface area contributed by atoms with Crippen molar-refractivity contribution in [3.05, 3.63) is 99.9 Å². The van der Waals surface area contributed by atoms with Gasteiger partial charge in [-0.2, -0.15) is 0 Å². The molecule has 1 aliphatic carbocycles. The molecule has 5 rings (SSSR count). The maximum absolute atomic E-state index is 14.1. The van der Waals surface area contributed by atoms with E-state index < -0.39 is 5.92 Å². The third kappa shape index (κ3) is 5.82. The topological polar surface area (TPSA) is 95.1 Å². The smallest absolute Gasteiger partial charge is 0.254 e. The van der Waals surface area contributed by atoms with Gasteiger partial charge >= 0.3 is 0 Å². The summed E-state index contributed by atoms with van der Waals surface area (Å²) < 4.78 is 22.4. The van der Waals surface area contributed by atoms with Gasteiger partial charge in [-0.05, 0) is 80.1 Å². The Morgan fingerprint density at radius 1 is 0.860 bits per heavy atom. The monoisotopic (exact) mass is 582 g/mol. The van der Waals surface area contributed by atoms with Crippen molar-refractivity contribution in [1.29, 1.82) is 0 Å². The molecule has 43 heavy (non-hydrogen) atoms. The third-order valence-electron chi connectivity index (χ3n) is 8.17. The summed E-state index contributed by atoms with van der Waals surface area (Å²) in [6.07, 6.45) is 0.900. The number of amides is 1. The molecule has 8 heteroatoms. The number of ether oxygens (including phenoxy) is 4. The van der Waals surface area contributed by atoms with Crippen LogP contribution in [0.3, 0.4) is 0 Å². The highest BCUT2D eigenvalue weighted by Crippen LogP contribution is 2.47. The fourth-order valence-electron chi connectivity index (χ4n) is 6.06.